The highest BCUT2D eigenvalue weighted by molar-refractivity contribution is 8.00. The molecule has 0 amide bonds. The first-order chi connectivity index (χ1) is 9.83. The standard InChI is InChI=1S/C17H24N2S/c1-2-6-16-14(5-1)11-15(20-16)12-19-10-9-18-17(13-19)7-3-4-8-17/h1-2,5-6,15,18H,3-4,7-13H2. The highest BCUT2D eigenvalue weighted by Gasteiger charge is 2.38. The highest BCUT2D eigenvalue weighted by atomic mass is 32.2. The lowest BCUT2D eigenvalue weighted by Gasteiger charge is -2.42. The van der Waals surface area contributed by atoms with Crippen molar-refractivity contribution in [1.29, 1.82) is 0 Å². The van der Waals surface area contributed by atoms with E-state index in [0.29, 0.717) is 5.54 Å². The number of nitrogens with one attached hydrogen (secondary N) is 1. The van der Waals surface area contributed by atoms with Crippen molar-refractivity contribution in [3.8, 4) is 0 Å². The van der Waals surface area contributed by atoms with Crippen molar-refractivity contribution < 1.29 is 0 Å². The monoisotopic (exact) mass is 288 g/mol. The van der Waals surface area contributed by atoms with Crippen LogP contribution in [0.5, 0.6) is 0 Å². The molecule has 1 spiro atoms. The van der Waals surface area contributed by atoms with Crippen molar-refractivity contribution in [2.45, 2.75) is 47.8 Å². The molecule has 1 atom stereocenters. The number of benzene rings is 1. The average molecular weight is 288 g/mol. The Labute approximate surface area is 126 Å². The molecular formula is C17H24N2S. The molecule has 0 bridgehead atoms. The van der Waals surface area contributed by atoms with Crippen LogP contribution in [-0.2, 0) is 6.42 Å². The van der Waals surface area contributed by atoms with E-state index in [1.54, 1.807) is 5.56 Å². The van der Waals surface area contributed by atoms with Crippen molar-refractivity contribution in [1.82, 2.24) is 10.2 Å². The van der Waals surface area contributed by atoms with Crippen molar-refractivity contribution in [3.05, 3.63) is 29.8 Å². The van der Waals surface area contributed by atoms with Gasteiger partial charge in [-0.3, -0.25) is 4.90 Å². The maximum atomic E-state index is 3.82. The molecule has 1 saturated carbocycles. The smallest absolute Gasteiger partial charge is 0.0309 e. The van der Waals surface area contributed by atoms with Gasteiger partial charge in [0.1, 0.15) is 0 Å². The van der Waals surface area contributed by atoms with Crippen molar-refractivity contribution in [2.24, 2.45) is 0 Å². The molecule has 20 heavy (non-hydrogen) atoms. The molecule has 4 rings (SSSR count). The second-order valence-corrected chi connectivity index (χ2v) is 8.04. The summed E-state index contributed by atoms with van der Waals surface area (Å²) in [5, 5.41) is 4.59. The summed E-state index contributed by atoms with van der Waals surface area (Å²) in [7, 11) is 0. The van der Waals surface area contributed by atoms with E-state index < -0.39 is 0 Å². The molecule has 1 aromatic rings. The lowest BCUT2D eigenvalue weighted by Crippen LogP contribution is -2.59. The van der Waals surface area contributed by atoms with Crippen LogP contribution < -0.4 is 5.32 Å². The molecule has 3 aliphatic rings. The van der Waals surface area contributed by atoms with E-state index >= 15 is 0 Å². The van der Waals surface area contributed by atoms with Crippen molar-refractivity contribution in [2.75, 3.05) is 26.2 Å². The SMILES string of the molecule is c1ccc2c(c1)CC(CN1CCNC3(CCCC3)C1)S2. The zero-order valence-electron chi connectivity index (χ0n) is 12.1. The van der Waals surface area contributed by atoms with Gasteiger partial charge in [0.05, 0.1) is 0 Å². The average Bonchev–Trinajstić information content (AvgIpc) is 3.05. The van der Waals surface area contributed by atoms with E-state index in [9.17, 15) is 0 Å². The minimum atomic E-state index is 0.467. The van der Waals surface area contributed by atoms with E-state index in [1.807, 2.05) is 0 Å². The summed E-state index contributed by atoms with van der Waals surface area (Å²) in [6.45, 7) is 4.96. The molecule has 2 nitrogen and oxygen atoms in total. The van der Waals surface area contributed by atoms with Gasteiger partial charge in [-0.2, -0.15) is 0 Å². The zero-order valence-corrected chi connectivity index (χ0v) is 12.9. The molecule has 3 heteroatoms. The molecule has 1 aliphatic carbocycles. The summed E-state index contributed by atoms with van der Waals surface area (Å²) in [6, 6.07) is 8.95. The summed E-state index contributed by atoms with van der Waals surface area (Å²) < 4.78 is 0. The minimum Gasteiger partial charge on any atom is -0.309 e. The molecule has 1 unspecified atom stereocenters. The molecule has 1 saturated heterocycles. The third-order valence-electron chi connectivity index (χ3n) is 5.19. The Hall–Kier alpha value is -0.510. The van der Waals surface area contributed by atoms with Gasteiger partial charge in [-0.05, 0) is 30.9 Å². The van der Waals surface area contributed by atoms with Crippen LogP contribution in [0, 0.1) is 0 Å². The minimum absolute atomic E-state index is 0.467. The van der Waals surface area contributed by atoms with Crippen LogP contribution in [0.2, 0.25) is 0 Å². The van der Waals surface area contributed by atoms with Crippen LogP contribution >= 0.6 is 11.8 Å². The number of hydrogen-bond acceptors (Lipinski definition) is 3. The van der Waals surface area contributed by atoms with Crippen LogP contribution in [0.4, 0.5) is 0 Å². The van der Waals surface area contributed by atoms with Gasteiger partial charge in [0.2, 0.25) is 0 Å². The predicted octanol–water partition coefficient (Wildman–Crippen LogP) is 2.92. The number of fused-ring (bicyclic) bond motifs is 1. The molecular weight excluding hydrogens is 264 g/mol. The van der Waals surface area contributed by atoms with Crippen molar-refractivity contribution in [3.63, 3.8) is 0 Å². The largest absolute Gasteiger partial charge is 0.309 e. The molecule has 108 valence electrons. The highest BCUT2D eigenvalue weighted by Crippen LogP contribution is 2.38. The predicted molar refractivity (Wildman–Crippen MR) is 85.4 cm³/mol. The molecule has 1 N–H and O–H groups in total. The van der Waals surface area contributed by atoms with Gasteiger partial charge in [0.15, 0.2) is 0 Å². The Morgan fingerprint density at radius 3 is 2.95 bits per heavy atom. The fraction of sp³-hybridized carbons (Fsp3) is 0.647. The van der Waals surface area contributed by atoms with E-state index in [-0.39, 0.29) is 0 Å². The van der Waals surface area contributed by atoms with Gasteiger partial charge in [-0.25, -0.2) is 0 Å². The van der Waals surface area contributed by atoms with Crippen molar-refractivity contribution >= 4 is 11.8 Å². The second kappa shape index (κ2) is 5.36. The number of piperazine rings is 1. The van der Waals surface area contributed by atoms with E-state index in [2.05, 4.69) is 46.2 Å². The molecule has 1 aromatic carbocycles. The number of thioether (sulfide) groups is 1. The van der Waals surface area contributed by atoms with Crippen LogP contribution in [0.3, 0.4) is 0 Å². The van der Waals surface area contributed by atoms with E-state index in [1.165, 1.54) is 63.2 Å². The van der Waals surface area contributed by atoms with E-state index in [0.717, 1.165) is 5.25 Å². The Bertz CT molecular complexity index is 457. The number of nitrogens with zero attached hydrogens (tertiary/aromatic N) is 1. The fourth-order valence-electron chi connectivity index (χ4n) is 4.23. The van der Waals surface area contributed by atoms with Gasteiger partial charge in [-0.15, -0.1) is 11.8 Å². The molecule has 2 heterocycles. The van der Waals surface area contributed by atoms with Crippen LogP contribution in [0.1, 0.15) is 31.2 Å². The summed E-state index contributed by atoms with van der Waals surface area (Å²) in [4.78, 5) is 4.24. The van der Waals surface area contributed by atoms with E-state index in [4.69, 9.17) is 0 Å². The molecule has 2 fully saturated rings. The maximum absolute atomic E-state index is 3.82. The van der Waals surface area contributed by atoms with Gasteiger partial charge in [0.25, 0.3) is 0 Å². The normalized spacial score (nSPS) is 28.9. The summed E-state index contributed by atoms with van der Waals surface area (Å²) in [5.41, 5.74) is 2.03. The first-order valence-corrected chi connectivity index (χ1v) is 8.93. The lowest BCUT2D eigenvalue weighted by molar-refractivity contribution is 0.135. The second-order valence-electron chi connectivity index (χ2n) is 6.70. The Morgan fingerprint density at radius 1 is 1.25 bits per heavy atom. The quantitative estimate of drug-likeness (QED) is 0.901. The summed E-state index contributed by atoms with van der Waals surface area (Å²) >= 11 is 2.10. The summed E-state index contributed by atoms with van der Waals surface area (Å²) in [6.07, 6.45) is 6.88. The first kappa shape index (κ1) is 13.2. The molecule has 0 radical (unpaired) electrons. The molecule has 2 aliphatic heterocycles. The van der Waals surface area contributed by atoms with Crippen LogP contribution in [0.15, 0.2) is 29.2 Å². The van der Waals surface area contributed by atoms with Crippen LogP contribution in [0.25, 0.3) is 0 Å². The Kier molecular flexibility index (Phi) is 3.53. The van der Waals surface area contributed by atoms with Gasteiger partial charge in [0, 0.05) is 41.9 Å². The van der Waals surface area contributed by atoms with Gasteiger partial charge < -0.3 is 5.32 Å². The van der Waals surface area contributed by atoms with Gasteiger partial charge in [-0.1, -0.05) is 31.0 Å². The van der Waals surface area contributed by atoms with Gasteiger partial charge >= 0.3 is 0 Å². The summed E-state index contributed by atoms with van der Waals surface area (Å²) in [5.74, 6) is 0. The van der Waals surface area contributed by atoms with Crippen LogP contribution in [-0.4, -0.2) is 41.9 Å². The maximum Gasteiger partial charge on any atom is 0.0309 e. The third-order valence-corrected chi connectivity index (χ3v) is 6.49. The zero-order chi connectivity index (χ0) is 13.4. The topological polar surface area (TPSA) is 15.3 Å². The molecule has 0 aromatic heterocycles. The third kappa shape index (κ3) is 2.51. The Balaban J connectivity index is 1.38. The Morgan fingerprint density at radius 2 is 2.10 bits per heavy atom. The fourth-order valence-corrected chi connectivity index (χ4v) is 5.60. The number of hydrogen-bond donors (Lipinski definition) is 1. The first-order valence-electron chi connectivity index (χ1n) is 8.05. The number of rotatable bonds is 2. The lowest BCUT2D eigenvalue weighted by atomic mass is 9.94.